The quantitative estimate of drug-likeness (QED) is 0.702. The molecule has 1 nitrogen and oxygen atoms in total. The van der Waals surface area contributed by atoms with Crippen LogP contribution in [-0.2, 0) is 5.11 Å². The van der Waals surface area contributed by atoms with Gasteiger partial charge in [0.25, 0.3) is 0 Å². The average Bonchev–Trinajstić information content (AvgIpc) is 2.26. The number of hydrogen-bond donors (Lipinski definition) is 0. The van der Waals surface area contributed by atoms with Gasteiger partial charge in [0.15, 0.2) is 0 Å². The van der Waals surface area contributed by atoms with E-state index in [1.54, 1.807) is 24.3 Å². The van der Waals surface area contributed by atoms with E-state index in [2.05, 4.69) is 0 Å². The maximum atomic E-state index is 12.4. The number of alkyl halides is 3. The van der Waals surface area contributed by atoms with E-state index in [9.17, 15) is 18.3 Å². The van der Waals surface area contributed by atoms with E-state index in [1.807, 2.05) is 0 Å². The van der Waals surface area contributed by atoms with E-state index in [0.29, 0.717) is 10.8 Å². The summed E-state index contributed by atoms with van der Waals surface area (Å²) < 4.78 is 37.1. The maximum Gasteiger partial charge on any atom is 0.422 e. The maximum absolute atomic E-state index is 12.4. The van der Waals surface area contributed by atoms with Gasteiger partial charge in [-0.05, 0) is 10.8 Å². The predicted octanol–water partition coefficient (Wildman–Crippen LogP) is 3.87. The molecule has 0 amide bonds. The minimum absolute atomic E-state index is 0.217. The van der Waals surface area contributed by atoms with Gasteiger partial charge in [0.05, 0.1) is 0 Å². The second-order valence-corrected chi connectivity index (χ2v) is 3.49. The molecule has 0 bridgehead atoms. The Morgan fingerprint density at radius 2 is 1.56 bits per heavy atom. The Labute approximate surface area is 90.1 Å². The van der Waals surface area contributed by atoms with Gasteiger partial charge >= 0.3 is 6.18 Å². The third-order valence-electron chi connectivity index (χ3n) is 2.40. The van der Waals surface area contributed by atoms with Gasteiger partial charge in [-0.25, -0.2) is 5.11 Å². The molecule has 2 aromatic carbocycles. The lowest BCUT2D eigenvalue weighted by Crippen LogP contribution is -2.19. The van der Waals surface area contributed by atoms with Crippen molar-refractivity contribution in [3.05, 3.63) is 48.0 Å². The Kier molecular flexibility index (Phi) is 2.59. The topological polar surface area (TPSA) is 19.9 Å². The fourth-order valence-electron chi connectivity index (χ4n) is 1.66. The van der Waals surface area contributed by atoms with Crippen molar-refractivity contribution in [3.63, 3.8) is 0 Å². The smallest absolute Gasteiger partial charge is 0.218 e. The molecule has 0 saturated carbocycles. The van der Waals surface area contributed by atoms with Gasteiger partial charge in [0.2, 0.25) is 6.10 Å². The summed E-state index contributed by atoms with van der Waals surface area (Å²) in [6.45, 7) is 0. The first-order chi connectivity index (χ1) is 7.50. The van der Waals surface area contributed by atoms with Crippen molar-refractivity contribution in [3.8, 4) is 0 Å². The third kappa shape index (κ3) is 1.88. The van der Waals surface area contributed by atoms with Gasteiger partial charge in [-0.2, -0.15) is 13.2 Å². The van der Waals surface area contributed by atoms with Crippen LogP contribution in [0.1, 0.15) is 11.7 Å². The highest BCUT2D eigenvalue weighted by Crippen LogP contribution is 2.36. The molecule has 1 atom stereocenters. The van der Waals surface area contributed by atoms with Crippen LogP contribution in [0.4, 0.5) is 13.2 Å². The van der Waals surface area contributed by atoms with Crippen molar-refractivity contribution in [2.75, 3.05) is 0 Å². The van der Waals surface area contributed by atoms with E-state index in [0.717, 1.165) is 0 Å². The molecule has 2 rings (SSSR count). The van der Waals surface area contributed by atoms with E-state index in [-0.39, 0.29) is 5.56 Å². The van der Waals surface area contributed by atoms with Crippen molar-refractivity contribution in [2.24, 2.45) is 0 Å². The van der Waals surface area contributed by atoms with E-state index in [1.165, 1.54) is 18.2 Å². The zero-order valence-corrected chi connectivity index (χ0v) is 8.16. The molecule has 0 aliphatic carbocycles. The predicted molar refractivity (Wildman–Crippen MR) is 53.4 cm³/mol. The largest absolute Gasteiger partial charge is 0.422 e. The molecule has 0 spiro atoms. The van der Waals surface area contributed by atoms with Gasteiger partial charge in [-0.3, -0.25) is 0 Å². The summed E-state index contributed by atoms with van der Waals surface area (Å²) in [6.07, 6.45) is -7.43. The summed E-state index contributed by atoms with van der Waals surface area (Å²) in [5.74, 6) is 0. The van der Waals surface area contributed by atoms with Crippen molar-refractivity contribution in [1.29, 1.82) is 0 Å². The van der Waals surface area contributed by atoms with Crippen molar-refractivity contribution in [2.45, 2.75) is 12.3 Å². The van der Waals surface area contributed by atoms with Crippen LogP contribution >= 0.6 is 0 Å². The second-order valence-electron chi connectivity index (χ2n) is 3.49. The molecule has 0 saturated heterocycles. The van der Waals surface area contributed by atoms with Crippen LogP contribution in [0.25, 0.3) is 10.8 Å². The highest BCUT2D eigenvalue weighted by atomic mass is 19.4. The van der Waals surface area contributed by atoms with Crippen LogP contribution < -0.4 is 0 Å². The first-order valence-electron chi connectivity index (χ1n) is 4.70. The van der Waals surface area contributed by atoms with Crippen molar-refractivity contribution >= 4 is 10.8 Å². The van der Waals surface area contributed by atoms with E-state index >= 15 is 0 Å². The molecule has 4 heteroatoms. The minimum Gasteiger partial charge on any atom is -0.218 e. The molecule has 0 aromatic heterocycles. The molecule has 0 aliphatic heterocycles. The molecular weight excluding hydrogens is 217 g/mol. The fraction of sp³-hybridized carbons (Fsp3) is 0.167. The fourth-order valence-corrected chi connectivity index (χ4v) is 1.66. The molecule has 0 fully saturated rings. The van der Waals surface area contributed by atoms with Crippen LogP contribution in [-0.4, -0.2) is 6.18 Å². The number of hydrogen-bond acceptors (Lipinski definition) is 0. The Morgan fingerprint density at radius 1 is 0.938 bits per heavy atom. The first kappa shape index (κ1) is 11.0. The molecule has 16 heavy (non-hydrogen) atoms. The molecule has 1 unspecified atom stereocenters. The lowest BCUT2D eigenvalue weighted by molar-refractivity contribution is -0.224. The number of rotatable bonds is 1. The SMILES string of the molecule is [O]C(c1cccc2ccccc12)C(F)(F)F. The summed E-state index contributed by atoms with van der Waals surface area (Å²) >= 11 is 0. The second kappa shape index (κ2) is 3.79. The lowest BCUT2D eigenvalue weighted by Gasteiger charge is -2.14. The highest BCUT2D eigenvalue weighted by molar-refractivity contribution is 5.86. The van der Waals surface area contributed by atoms with Crippen molar-refractivity contribution < 1.29 is 18.3 Å². The Morgan fingerprint density at radius 3 is 2.25 bits per heavy atom. The van der Waals surface area contributed by atoms with E-state index < -0.39 is 12.3 Å². The van der Waals surface area contributed by atoms with Crippen LogP contribution in [0.3, 0.4) is 0 Å². The Balaban J connectivity index is 2.61. The van der Waals surface area contributed by atoms with Crippen LogP contribution in [0.5, 0.6) is 0 Å². The molecule has 2 aromatic rings. The molecule has 0 heterocycles. The number of fused-ring (bicyclic) bond motifs is 1. The molecule has 83 valence electrons. The van der Waals surface area contributed by atoms with Crippen molar-refractivity contribution in [1.82, 2.24) is 0 Å². The zero-order valence-electron chi connectivity index (χ0n) is 8.16. The number of halogens is 3. The average molecular weight is 225 g/mol. The normalized spacial score (nSPS) is 14.0. The highest BCUT2D eigenvalue weighted by Gasteiger charge is 2.41. The Hall–Kier alpha value is -1.55. The number of benzene rings is 2. The third-order valence-corrected chi connectivity index (χ3v) is 2.40. The first-order valence-corrected chi connectivity index (χ1v) is 4.70. The summed E-state index contributed by atoms with van der Waals surface area (Å²) in [5, 5.41) is 12.2. The summed E-state index contributed by atoms with van der Waals surface area (Å²) in [4.78, 5) is 0. The van der Waals surface area contributed by atoms with Crippen LogP contribution in [0, 0.1) is 0 Å². The monoisotopic (exact) mass is 225 g/mol. The lowest BCUT2D eigenvalue weighted by atomic mass is 10.0. The zero-order chi connectivity index (χ0) is 11.8. The van der Waals surface area contributed by atoms with Crippen LogP contribution in [0.15, 0.2) is 42.5 Å². The van der Waals surface area contributed by atoms with Crippen LogP contribution in [0.2, 0.25) is 0 Å². The standard InChI is InChI=1S/C12H8F3O/c13-12(14,15)11(16)10-7-3-5-8-4-1-2-6-9(8)10/h1-7,11H. The molecule has 0 aliphatic rings. The van der Waals surface area contributed by atoms with E-state index in [4.69, 9.17) is 0 Å². The molecular formula is C12H8F3O. The van der Waals surface area contributed by atoms with Gasteiger partial charge < -0.3 is 0 Å². The van der Waals surface area contributed by atoms with Gasteiger partial charge in [-0.15, -0.1) is 0 Å². The Bertz CT molecular complexity index is 500. The molecule has 0 N–H and O–H groups in total. The summed E-state index contributed by atoms with van der Waals surface area (Å²) in [5.41, 5.74) is -0.217. The molecule has 1 radical (unpaired) electrons. The minimum atomic E-state index is -4.75. The van der Waals surface area contributed by atoms with Gasteiger partial charge in [-0.1, -0.05) is 42.5 Å². The van der Waals surface area contributed by atoms with Gasteiger partial charge in [0.1, 0.15) is 0 Å². The summed E-state index contributed by atoms with van der Waals surface area (Å²) in [6, 6.07) is 10.9. The summed E-state index contributed by atoms with van der Waals surface area (Å²) in [7, 11) is 0. The van der Waals surface area contributed by atoms with Gasteiger partial charge in [0, 0.05) is 5.56 Å².